The second kappa shape index (κ2) is 9.17. The molecule has 2 aromatic rings. The minimum absolute atomic E-state index is 0. The topological polar surface area (TPSA) is 27.3 Å². The predicted molar refractivity (Wildman–Crippen MR) is 101 cm³/mol. The molecule has 0 aliphatic carbocycles. The van der Waals surface area contributed by atoms with Crippen LogP contribution in [0.1, 0.15) is 5.56 Å². The Kier molecular flexibility index (Phi) is 7.86. The van der Waals surface area contributed by atoms with Gasteiger partial charge in [0, 0.05) is 43.2 Å². The predicted octanol–water partition coefficient (Wildman–Crippen LogP) is 4.70. The zero-order valence-electron chi connectivity index (χ0n) is 13.3. The summed E-state index contributed by atoms with van der Waals surface area (Å²) in [5.41, 5.74) is 2.00. The van der Waals surface area contributed by atoms with E-state index in [2.05, 4.69) is 15.5 Å². The van der Waals surface area contributed by atoms with E-state index in [-0.39, 0.29) is 24.8 Å². The van der Waals surface area contributed by atoms with Crippen molar-refractivity contribution in [2.75, 3.05) is 36.4 Å². The van der Waals surface area contributed by atoms with Gasteiger partial charge in [-0.2, -0.15) is 13.2 Å². The summed E-state index contributed by atoms with van der Waals surface area (Å²) >= 11 is 0. The van der Waals surface area contributed by atoms with E-state index >= 15 is 0 Å². The highest BCUT2D eigenvalue weighted by molar-refractivity contribution is 5.85. The molecule has 1 saturated heterocycles. The van der Waals surface area contributed by atoms with Gasteiger partial charge >= 0.3 is 6.18 Å². The Hall–Kier alpha value is -1.63. The molecule has 0 aromatic heterocycles. The minimum Gasteiger partial charge on any atom is -0.369 e. The molecule has 1 aliphatic rings. The minimum atomic E-state index is -4.30. The highest BCUT2D eigenvalue weighted by atomic mass is 35.5. The van der Waals surface area contributed by atoms with Crippen molar-refractivity contribution in [3.63, 3.8) is 0 Å². The van der Waals surface area contributed by atoms with E-state index in [0.29, 0.717) is 5.69 Å². The molecule has 0 amide bonds. The second-order valence-corrected chi connectivity index (χ2v) is 5.48. The van der Waals surface area contributed by atoms with Crippen molar-refractivity contribution in [1.82, 2.24) is 5.32 Å². The molecule has 2 N–H and O–H groups in total. The standard InChI is InChI=1S/C17H18F3N3.2ClH/c18-17(19,20)13-1-3-14(4-2-13)22-15-5-7-16(8-6-15)23-11-9-21-10-12-23;;/h1-8,21-22H,9-12H2;2*1H. The van der Waals surface area contributed by atoms with Crippen LogP contribution < -0.4 is 15.5 Å². The lowest BCUT2D eigenvalue weighted by molar-refractivity contribution is -0.137. The second-order valence-electron chi connectivity index (χ2n) is 5.48. The SMILES string of the molecule is Cl.Cl.FC(F)(F)c1ccc(Nc2ccc(N3CCNCC3)cc2)cc1. The molecule has 8 heteroatoms. The lowest BCUT2D eigenvalue weighted by Crippen LogP contribution is -2.43. The summed E-state index contributed by atoms with van der Waals surface area (Å²) in [6, 6.07) is 13.0. The van der Waals surface area contributed by atoms with Gasteiger partial charge in [0.2, 0.25) is 0 Å². The van der Waals surface area contributed by atoms with Gasteiger partial charge < -0.3 is 15.5 Å². The van der Waals surface area contributed by atoms with Gasteiger partial charge in [-0.15, -0.1) is 24.8 Å². The lowest BCUT2D eigenvalue weighted by atomic mass is 10.2. The fraction of sp³-hybridized carbons (Fsp3) is 0.294. The van der Waals surface area contributed by atoms with Crippen molar-refractivity contribution < 1.29 is 13.2 Å². The Bertz CT molecular complexity index is 640. The van der Waals surface area contributed by atoms with E-state index in [1.165, 1.54) is 12.1 Å². The molecule has 25 heavy (non-hydrogen) atoms. The molecule has 0 saturated carbocycles. The molecule has 138 valence electrons. The van der Waals surface area contributed by atoms with Crippen LogP contribution in [0.5, 0.6) is 0 Å². The van der Waals surface area contributed by atoms with E-state index in [4.69, 9.17) is 0 Å². The van der Waals surface area contributed by atoms with E-state index in [9.17, 15) is 13.2 Å². The fourth-order valence-electron chi connectivity index (χ4n) is 2.59. The molecule has 0 atom stereocenters. The molecule has 1 heterocycles. The first-order valence-electron chi connectivity index (χ1n) is 7.52. The van der Waals surface area contributed by atoms with Crippen molar-refractivity contribution >= 4 is 41.9 Å². The molecule has 0 spiro atoms. The Morgan fingerprint density at radius 1 is 0.800 bits per heavy atom. The van der Waals surface area contributed by atoms with Gasteiger partial charge in [-0.3, -0.25) is 0 Å². The smallest absolute Gasteiger partial charge is 0.369 e. The Morgan fingerprint density at radius 3 is 1.76 bits per heavy atom. The third kappa shape index (κ3) is 5.70. The van der Waals surface area contributed by atoms with Gasteiger partial charge in [0.25, 0.3) is 0 Å². The largest absolute Gasteiger partial charge is 0.416 e. The monoisotopic (exact) mass is 393 g/mol. The van der Waals surface area contributed by atoms with Crippen molar-refractivity contribution in [1.29, 1.82) is 0 Å². The molecular weight excluding hydrogens is 374 g/mol. The van der Waals surface area contributed by atoms with Crippen molar-refractivity contribution in [3.8, 4) is 0 Å². The van der Waals surface area contributed by atoms with Crippen molar-refractivity contribution in [2.24, 2.45) is 0 Å². The van der Waals surface area contributed by atoms with Gasteiger partial charge in [0.1, 0.15) is 0 Å². The number of halogens is 5. The summed E-state index contributed by atoms with van der Waals surface area (Å²) in [4.78, 5) is 2.30. The number of piperazine rings is 1. The molecule has 1 fully saturated rings. The van der Waals surface area contributed by atoms with Crippen LogP contribution in [0.2, 0.25) is 0 Å². The Labute approximate surface area is 157 Å². The van der Waals surface area contributed by atoms with Crippen LogP contribution in [-0.2, 0) is 6.18 Å². The summed E-state index contributed by atoms with van der Waals surface area (Å²) in [6.07, 6.45) is -4.30. The zero-order valence-corrected chi connectivity index (χ0v) is 15.0. The third-order valence-electron chi connectivity index (χ3n) is 3.85. The maximum atomic E-state index is 12.5. The number of nitrogens with one attached hydrogen (secondary N) is 2. The number of benzene rings is 2. The number of hydrogen-bond acceptors (Lipinski definition) is 3. The molecule has 3 nitrogen and oxygen atoms in total. The van der Waals surface area contributed by atoms with Crippen LogP contribution in [0.4, 0.5) is 30.2 Å². The number of rotatable bonds is 3. The maximum absolute atomic E-state index is 12.5. The van der Waals surface area contributed by atoms with Crippen LogP contribution in [0, 0.1) is 0 Å². The quantitative estimate of drug-likeness (QED) is 0.790. The first-order chi connectivity index (χ1) is 11.0. The molecule has 1 aliphatic heterocycles. The van der Waals surface area contributed by atoms with Gasteiger partial charge in [0.15, 0.2) is 0 Å². The van der Waals surface area contributed by atoms with E-state index < -0.39 is 11.7 Å². The summed E-state index contributed by atoms with van der Waals surface area (Å²) in [7, 11) is 0. The highest BCUT2D eigenvalue weighted by Crippen LogP contribution is 2.30. The number of anilines is 3. The highest BCUT2D eigenvalue weighted by Gasteiger charge is 2.29. The van der Waals surface area contributed by atoms with Crippen molar-refractivity contribution in [3.05, 3.63) is 54.1 Å². The molecule has 2 aromatic carbocycles. The van der Waals surface area contributed by atoms with Gasteiger partial charge in [-0.05, 0) is 48.5 Å². The molecular formula is C17H20Cl2F3N3. The molecule has 0 unspecified atom stereocenters. The van der Waals surface area contributed by atoms with Crippen LogP contribution in [0.25, 0.3) is 0 Å². The number of alkyl halides is 3. The third-order valence-corrected chi connectivity index (χ3v) is 3.85. The van der Waals surface area contributed by atoms with Crippen LogP contribution >= 0.6 is 24.8 Å². The molecule has 3 rings (SSSR count). The van der Waals surface area contributed by atoms with Gasteiger partial charge in [-0.1, -0.05) is 0 Å². The molecule has 0 radical (unpaired) electrons. The fourth-order valence-corrected chi connectivity index (χ4v) is 2.59. The summed E-state index contributed by atoms with van der Waals surface area (Å²) in [5.74, 6) is 0. The summed E-state index contributed by atoms with van der Waals surface area (Å²) in [6.45, 7) is 3.91. The maximum Gasteiger partial charge on any atom is 0.416 e. The van der Waals surface area contributed by atoms with E-state index in [1.54, 1.807) is 0 Å². The molecule has 0 bridgehead atoms. The average Bonchev–Trinajstić information content (AvgIpc) is 2.56. The van der Waals surface area contributed by atoms with Crippen LogP contribution in [-0.4, -0.2) is 26.2 Å². The number of nitrogens with zero attached hydrogens (tertiary/aromatic N) is 1. The van der Waals surface area contributed by atoms with Gasteiger partial charge in [0.05, 0.1) is 5.56 Å². The first-order valence-corrected chi connectivity index (χ1v) is 7.52. The normalized spacial score (nSPS) is 14.3. The van der Waals surface area contributed by atoms with E-state index in [1.807, 2.05) is 24.3 Å². The Morgan fingerprint density at radius 2 is 1.28 bits per heavy atom. The zero-order chi connectivity index (χ0) is 16.3. The number of hydrogen-bond donors (Lipinski definition) is 2. The van der Waals surface area contributed by atoms with Crippen LogP contribution in [0.15, 0.2) is 48.5 Å². The lowest BCUT2D eigenvalue weighted by Gasteiger charge is -2.29. The van der Waals surface area contributed by atoms with Gasteiger partial charge in [-0.25, -0.2) is 0 Å². The first kappa shape index (κ1) is 21.4. The van der Waals surface area contributed by atoms with E-state index in [0.717, 1.165) is 49.7 Å². The summed E-state index contributed by atoms with van der Waals surface area (Å²) in [5, 5.41) is 6.42. The van der Waals surface area contributed by atoms with Crippen molar-refractivity contribution in [2.45, 2.75) is 6.18 Å². The van der Waals surface area contributed by atoms with Crippen LogP contribution in [0.3, 0.4) is 0 Å². The summed E-state index contributed by atoms with van der Waals surface area (Å²) < 4.78 is 37.6. The average molecular weight is 394 g/mol. The Balaban J connectivity index is 0.00000156.